The van der Waals surface area contributed by atoms with Gasteiger partial charge in [0, 0.05) is 24.4 Å². The predicted octanol–water partition coefficient (Wildman–Crippen LogP) is 3.70. The summed E-state index contributed by atoms with van der Waals surface area (Å²) < 4.78 is 13.3. The normalized spacial score (nSPS) is 19.4. The Kier molecular flexibility index (Phi) is 4.27. The highest BCUT2D eigenvalue weighted by Crippen LogP contribution is 2.32. The maximum Gasteiger partial charge on any atom is 0.226 e. The quantitative estimate of drug-likeness (QED) is 0.918. The van der Waals surface area contributed by atoms with E-state index >= 15 is 0 Å². The number of aromatic amines is 1. The zero-order chi connectivity index (χ0) is 15.5. The fourth-order valence-electron chi connectivity index (χ4n) is 3.29. The van der Waals surface area contributed by atoms with Gasteiger partial charge in [-0.25, -0.2) is 4.39 Å². The summed E-state index contributed by atoms with van der Waals surface area (Å²) in [5, 5.41) is 0. The van der Waals surface area contributed by atoms with Crippen LogP contribution in [0.2, 0.25) is 0 Å². The first-order chi connectivity index (χ1) is 10.6. The summed E-state index contributed by atoms with van der Waals surface area (Å²) in [5.74, 6) is -0.235. The predicted molar refractivity (Wildman–Crippen MR) is 83.7 cm³/mol. The molecule has 2 unspecified atom stereocenters. The molecule has 1 amide bonds. The molecule has 4 heteroatoms. The van der Waals surface area contributed by atoms with Gasteiger partial charge in [-0.2, -0.15) is 0 Å². The van der Waals surface area contributed by atoms with Crippen LogP contribution in [-0.2, 0) is 11.2 Å². The smallest absolute Gasteiger partial charge is 0.226 e. The lowest BCUT2D eigenvalue weighted by Crippen LogP contribution is -2.35. The highest BCUT2D eigenvalue weighted by Gasteiger charge is 2.32. The van der Waals surface area contributed by atoms with Crippen molar-refractivity contribution in [1.82, 2.24) is 9.88 Å². The molecule has 0 bridgehead atoms. The summed E-state index contributed by atoms with van der Waals surface area (Å²) in [7, 11) is 0. The number of likely N-dealkylation sites (tertiary alicyclic amines) is 1. The number of carbonyl (C=O) groups excluding carboxylic acids is 1. The maximum absolute atomic E-state index is 13.3. The SMILES string of the molecule is CC(Cc1cccc(F)c1)C(=O)N1CCCC1c1ccc[nH]1. The summed E-state index contributed by atoms with van der Waals surface area (Å²) in [5.41, 5.74) is 1.97. The van der Waals surface area contributed by atoms with E-state index in [9.17, 15) is 9.18 Å². The van der Waals surface area contributed by atoms with E-state index in [1.807, 2.05) is 36.2 Å². The van der Waals surface area contributed by atoms with Crippen LogP contribution in [0.15, 0.2) is 42.6 Å². The molecule has 3 rings (SSSR count). The second-order valence-corrected chi connectivity index (χ2v) is 6.05. The van der Waals surface area contributed by atoms with Gasteiger partial charge in [0.2, 0.25) is 5.91 Å². The molecule has 0 saturated carbocycles. The minimum Gasteiger partial charge on any atom is -0.363 e. The van der Waals surface area contributed by atoms with E-state index in [1.54, 1.807) is 6.07 Å². The molecular formula is C18H21FN2O. The number of rotatable bonds is 4. The lowest BCUT2D eigenvalue weighted by atomic mass is 9.99. The lowest BCUT2D eigenvalue weighted by Gasteiger charge is -2.27. The van der Waals surface area contributed by atoms with E-state index in [4.69, 9.17) is 0 Å². The number of hydrogen-bond donors (Lipinski definition) is 1. The van der Waals surface area contributed by atoms with Crippen molar-refractivity contribution < 1.29 is 9.18 Å². The monoisotopic (exact) mass is 300 g/mol. The van der Waals surface area contributed by atoms with E-state index in [1.165, 1.54) is 12.1 Å². The van der Waals surface area contributed by atoms with E-state index in [0.717, 1.165) is 30.6 Å². The van der Waals surface area contributed by atoms with Gasteiger partial charge in [-0.15, -0.1) is 0 Å². The lowest BCUT2D eigenvalue weighted by molar-refractivity contribution is -0.136. The van der Waals surface area contributed by atoms with E-state index in [2.05, 4.69) is 4.98 Å². The topological polar surface area (TPSA) is 36.1 Å². The molecule has 116 valence electrons. The Bertz CT molecular complexity index is 638. The number of aromatic nitrogens is 1. The summed E-state index contributed by atoms with van der Waals surface area (Å²) in [4.78, 5) is 17.9. The Hall–Kier alpha value is -2.10. The summed E-state index contributed by atoms with van der Waals surface area (Å²) in [6, 6.07) is 10.7. The van der Waals surface area contributed by atoms with Gasteiger partial charge < -0.3 is 9.88 Å². The number of nitrogens with one attached hydrogen (secondary N) is 1. The maximum atomic E-state index is 13.3. The van der Waals surface area contributed by atoms with Gasteiger partial charge in [-0.1, -0.05) is 19.1 Å². The van der Waals surface area contributed by atoms with Gasteiger partial charge in [0.1, 0.15) is 5.82 Å². The zero-order valence-electron chi connectivity index (χ0n) is 12.8. The van der Waals surface area contributed by atoms with Crippen LogP contribution in [0.4, 0.5) is 4.39 Å². The standard InChI is InChI=1S/C18H21FN2O/c1-13(11-14-5-2-6-15(19)12-14)18(22)21-10-4-8-17(21)16-7-3-9-20-16/h2-3,5-7,9,12-13,17,20H,4,8,10-11H2,1H3. The third-order valence-electron chi connectivity index (χ3n) is 4.37. The van der Waals surface area contributed by atoms with Crippen molar-refractivity contribution in [3.63, 3.8) is 0 Å². The molecule has 1 fully saturated rings. The third-order valence-corrected chi connectivity index (χ3v) is 4.37. The first-order valence-corrected chi connectivity index (χ1v) is 7.83. The number of halogens is 1. The number of nitrogens with zero attached hydrogens (tertiary/aromatic N) is 1. The van der Waals surface area contributed by atoms with Crippen LogP contribution < -0.4 is 0 Å². The highest BCUT2D eigenvalue weighted by molar-refractivity contribution is 5.79. The van der Waals surface area contributed by atoms with Gasteiger partial charge in [-0.05, 0) is 49.1 Å². The average Bonchev–Trinajstić information content (AvgIpc) is 3.17. The number of amides is 1. The number of H-pyrrole nitrogens is 1. The molecule has 3 nitrogen and oxygen atoms in total. The number of hydrogen-bond acceptors (Lipinski definition) is 1. The van der Waals surface area contributed by atoms with Gasteiger partial charge in [0.05, 0.1) is 6.04 Å². The van der Waals surface area contributed by atoms with Crippen molar-refractivity contribution in [1.29, 1.82) is 0 Å². The summed E-state index contributed by atoms with van der Waals surface area (Å²) in [6.07, 6.45) is 4.50. The summed E-state index contributed by atoms with van der Waals surface area (Å²) >= 11 is 0. The molecule has 1 aromatic carbocycles. The molecule has 0 radical (unpaired) electrons. The Balaban J connectivity index is 1.70. The van der Waals surface area contributed by atoms with Crippen molar-refractivity contribution in [2.45, 2.75) is 32.2 Å². The van der Waals surface area contributed by atoms with Crippen LogP contribution in [-0.4, -0.2) is 22.3 Å². The second-order valence-electron chi connectivity index (χ2n) is 6.05. The van der Waals surface area contributed by atoms with Crippen molar-refractivity contribution >= 4 is 5.91 Å². The Labute approximate surface area is 130 Å². The van der Waals surface area contributed by atoms with E-state index in [-0.39, 0.29) is 23.7 Å². The largest absolute Gasteiger partial charge is 0.363 e. The number of benzene rings is 1. The molecule has 2 heterocycles. The van der Waals surface area contributed by atoms with Gasteiger partial charge >= 0.3 is 0 Å². The summed E-state index contributed by atoms with van der Waals surface area (Å²) in [6.45, 7) is 2.73. The molecule has 2 atom stereocenters. The van der Waals surface area contributed by atoms with Gasteiger partial charge in [0.25, 0.3) is 0 Å². The van der Waals surface area contributed by atoms with Crippen LogP contribution >= 0.6 is 0 Å². The first kappa shape index (κ1) is 14.8. The van der Waals surface area contributed by atoms with Crippen LogP contribution in [0.25, 0.3) is 0 Å². The van der Waals surface area contributed by atoms with Crippen molar-refractivity contribution in [3.05, 3.63) is 59.7 Å². The Morgan fingerprint density at radius 2 is 2.27 bits per heavy atom. The highest BCUT2D eigenvalue weighted by atomic mass is 19.1. The zero-order valence-corrected chi connectivity index (χ0v) is 12.8. The molecule has 0 aliphatic carbocycles. The Morgan fingerprint density at radius 1 is 1.41 bits per heavy atom. The first-order valence-electron chi connectivity index (χ1n) is 7.83. The van der Waals surface area contributed by atoms with E-state index < -0.39 is 0 Å². The Morgan fingerprint density at radius 3 is 3.00 bits per heavy atom. The second kappa shape index (κ2) is 6.34. The fraction of sp³-hybridized carbons (Fsp3) is 0.389. The molecule has 1 aliphatic rings. The third kappa shape index (κ3) is 3.06. The molecule has 22 heavy (non-hydrogen) atoms. The average molecular weight is 300 g/mol. The van der Waals surface area contributed by atoms with Crippen molar-refractivity contribution in [2.24, 2.45) is 5.92 Å². The number of carbonyl (C=O) groups is 1. The van der Waals surface area contributed by atoms with Crippen LogP contribution in [0.1, 0.15) is 37.1 Å². The van der Waals surface area contributed by atoms with E-state index in [0.29, 0.717) is 6.42 Å². The molecule has 1 saturated heterocycles. The van der Waals surface area contributed by atoms with Gasteiger partial charge in [-0.3, -0.25) is 4.79 Å². The van der Waals surface area contributed by atoms with Crippen LogP contribution in [0.5, 0.6) is 0 Å². The molecule has 1 aliphatic heterocycles. The van der Waals surface area contributed by atoms with Crippen molar-refractivity contribution in [3.8, 4) is 0 Å². The fourth-order valence-corrected chi connectivity index (χ4v) is 3.29. The molecule has 1 N–H and O–H groups in total. The van der Waals surface area contributed by atoms with Crippen molar-refractivity contribution in [2.75, 3.05) is 6.54 Å². The van der Waals surface area contributed by atoms with Crippen LogP contribution in [0.3, 0.4) is 0 Å². The molecule has 2 aromatic rings. The molecule has 1 aromatic heterocycles. The minimum absolute atomic E-state index is 0.141. The molecular weight excluding hydrogens is 279 g/mol. The van der Waals surface area contributed by atoms with Crippen LogP contribution in [0, 0.1) is 11.7 Å². The minimum atomic E-state index is -0.248. The van der Waals surface area contributed by atoms with Gasteiger partial charge in [0.15, 0.2) is 0 Å². The molecule has 0 spiro atoms.